The molecule has 0 aliphatic carbocycles. The Morgan fingerprint density at radius 3 is 2.65 bits per heavy atom. The number of hydrogen-bond donors (Lipinski definition) is 2. The Hall–Kier alpha value is -2.09. The lowest BCUT2D eigenvalue weighted by molar-refractivity contribution is -0.814. The summed E-state index contributed by atoms with van der Waals surface area (Å²) in [4.78, 5) is 34.6. The number of quaternary nitrogens is 1. The van der Waals surface area contributed by atoms with Gasteiger partial charge in [-0.25, -0.2) is 15.1 Å². The van der Waals surface area contributed by atoms with Gasteiger partial charge >= 0.3 is 6.03 Å². The molecule has 3 amide bonds. The predicted molar refractivity (Wildman–Crippen MR) is 57.3 cm³/mol. The molecular weight excluding hydrogens is 224 g/mol. The van der Waals surface area contributed by atoms with Crippen molar-refractivity contribution >= 4 is 17.9 Å². The molecule has 0 spiro atoms. The van der Waals surface area contributed by atoms with Crippen molar-refractivity contribution in [2.45, 2.75) is 13.3 Å². The minimum atomic E-state index is -0.378. The van der Waals surface area contributed by atoms with Crippen LogP contribution in [0.3, 0.4) is 0 Å². The summed E-state index contributed by atoms with van der Waals surface area (Å²) in [5, 5.41) is 2.27. The number of carbonyl (C=O) groups is 2. The zero-order chi connectivity index (χ0) is 12.3. The molecule has 1 fully saturated rings. The molecule has 1 aliphatic rings. The Bertz CT molecular complexity index is 436. The number of urea groups is 1. The highest BCUT2D eigenvalue weighted by Crippen LogP contribution is 2.15. The highest BCUT2D eigenvalue weighted by molar-refractivity contribution is 5.97. The zero-order valence-electron chi connectivity index (χ0n) is 9.38. The van der Waals surface area contributed by atoms with E-state index >= 15 is 0 Å². The first-order chi connectivity index (χ1) is 8.16. The van der Waals surface area contributed by atoms with Crippen LogP contribution < -0.4 is 10.7 Å². The van der Waals surface area contributed by atoms with Gasteiger partial charge in [0.15, 0.2) is 6.54 Å². The summed E-state index contributed by atoms with van der Waals surface area (Å²) in [5.74, 6) is -0.0247. The first-order valence-electron chi connectivity index (χ1n) is 5.28. The average molecular weight is 237 g/mol. The van der Waals surface area contributed by atoms with Crippen LogP contribution in [0.25, 0.3) is 0 Å². The van der Waals surface area contributed by atoms with Crippen molar-refractivity contribution in [2.24, 2.45) is 0 Å². The van der Waals surface area contributed by atoms with Gasteiger partial charge in [-0.3, -0.25) is 4.79 Å². The van der Waals surface area contributed by atoms with Crippen LogP contribution in [0.15, 0.2) is 12.7 Å². The first kappa shape index (κ1) is 11.4. The third-order valence-corrected chi connectivity index (χ3v) is 2.46. The van der Waals surface area contributed by atoms with Crippen LogP contribution in [-0.2, 0) is 4.79 Å². The normalized spacial score (nSPS) is 23.6. The second kappa shape index (κ2) is 4.42. The van der Waals surface area contributed by atoms with Crippen molar-refractivity contribution in [3.05, 3.63) is 12.7 Å². The van der Waals surface area contributed by atoms with Gasteiger partial charge in [-0.15, -0.1) is 4.59 Å². The van der Waals surface area contributed by atoms with E-state index in [0.29, 0.717) is 6.54 Å². The molecule has 1 saturated heterocycles. The van der Waals surface area contributed by atoms with E-state index in [2.05, 4.69) is 25.7 Å². The molecular formula is C9H13N6O2+. The van der Waals surface area contributed by atoms with E-state index in [1.54, 1.807) is 0 Å². The maximum atomic E-state index is 11.8. The van der Waals surface area contributed by atoms with Crippen LogP contribution in [0, 0.1) is 0 Å². The van der Waals surface area contributed by atoms with Crippen molar-refractivity contribution in [3.63, 3.8) is 0 Å². The van der Waals surface area contributed by atoms with Crippen LogP contribution in [0.4, 0.5) is 10.7 Å². The molecule has 1 unspecified atom stereocenters. The second-order valence-corrected chi connectivity index (χ2v) is 3.78. The number of imide groups is 1. The van der Waals surface area contributed by atoms with Crippen LogP contribution in [-0.4, -0.2) is 44.6 Å². The number of carbonyl (C=O) groups excluding carboxylic acids is 2. The van der Waals surface area contributed by atoms with E-state index in [1.807, 2.05) is 6.92 Å². The zero-order valence-corrected chi connectivity index (χ0v) is 9.38. The summed E-state index contributed by atoms with van der Waals surface area (Å²) in [6.45, 7) is 2.48. The van der Waals surface area contributed by atoms with Crippen molar-refractivity contribution in [1.82, 2.24) is 20.3 Å². The van der Waals surface area contributed by atoms with Crippen LogP contribution in [0.5, 0.6) is 0 Å². The maximum absolute atomic E-state index is 11.8. The summed E-state index contributed by atoms with van der Waals surface area (Å²) in [6.07, 6.45) is 3.40. The van der Waals surface area contributed by atoms with E-state index in [9.17, 15) is 9.59 Å². The number of rotatable bonds is 4. The smallest absolute Gasteiger partial charge is 0.268 e. The minimum Gasteiger partial charge on any atom is -0.268 e. The number of anilines is 1. The van der Waals surface area contributed by atoms with E-state index in [1.165, 1.54) is 12.7 Å². The molecule has 17 heavy (non-hydrogen) atoms. The Labute approximate surface area is 97.6 Å². The van der Waals surface area contributed by atoms with Gasteiger partial charge in [-0.1, -0.05) is 6.92 Å². The lowest BCUT2D eigenvalue weighted by Gasteiger charge is -2.27. The molecule has 1 aliphatic heterocycles. The number of nitrogens with one attached hydrogen (secondary N) is 2. The molecule has 2 rings (SSSR count). The SMILES string of the molecule is CCC[N+]1(Nc2ncncn2)CC(=O)NC1=O. The van der Waals surface area contributed by atoms with Gasteiger partial charge < -0.3 is 0 Å². The van der Waals surface area contributed by atoms with Gasteiger partial charge in [-0.2, -0.15) is 15.4 Å². The topological polar surface area (TPSA) is 96.9 Å². The van der Waals surface area contributed by atoms with Crippen molar-refractivity contribution in [3.8, 4) is 0 Å². The molecule has 0 radical (unpaired) electrons. The molecule has 90 valence electrons. The Kier molecular flexibility index (Phi) is 2.96. The minimum absolute atomic E-state index is 0.0539. The summed E-state index contributed by atoms with van der Waals surface area (Å²) < 4.78 is -0.195. The standard InChI is InChI=1S/C9H12N6O2/c1-2-3-15(4-7(16)13-9(15)17)14-8-11-5-10-6-12-8/h5-6H,2-4H2,1H3,(H-,10,11,12,13,14,16,17)/p+1. The van der Waals surface area contributed by atoms with Gasteiger partial charge in [0.25, 0.3) is 11.9 Å². The fraction of sp³-hybridized carbons (Fsp3) is 0.444. The molecule has 0 bridgehead atoms. The van der Waals surface area contributed by atoms with E-state index in [0.717, 1.165) is 6.42 Å². The van der Waals surface area contributed by atoms with Gasteiger partial charge in [0.1, 0.15) is 19.2 Å². The third-order valence-electron chi connectivity index (χ3n) is 2.46. The van der Waals surface area contributed by atoms with Gasteiger partial charge in [0, 0.05) is 0 Å². The highest BCUT2D eigenvalue weighted by atomic mass is 16.2. The highest BCUT2D eigenvalue weighted by Gasteiger charge is 2.47. The van der Waals surface area contributed by atoms with Gasteiger partial charge in [0.2, 0.25) is 0 Å². The third kappa shape index (κ3) is 2.21. The van der Waals surface area contributed by atoms with Crippen molar-refractivity contribution in [2.75, 3.05) is 18.5 Å². The number of hydrogen-bond acceptors (Lipinski definition) is 6. The number of aromatic nitrogens is 3. The van der Waals surface area contributed by atoms with Gasteiger partial charge in [-0.05, 0) is 6.42 Å². The Balaban J connectivity index is 2.24. The molecule has 2 heterocycles. The van der Waals surface area contributed by atoms with E-state index < -0.39 is 0 Å². The van der Waals surface area contributed by atoms with Gasteiger partial charge in [0.05, 0.1) is 0 Å². The first-order valence-corrected chi connectivity index (χ1v) is 5.28. The summed E-state index contributed by atoms with van der Waals surface area (Å²) >= 11 is 0. The molecule has 8 heteroatoms. The Morgan fingerprint density at radius 1 is 1.41 bits per heavy atom. The Morgan fingerprint density at radius 2 is 2.12 bits per heavy atom. The molecule has 0 aromatic carbocycles. The van der Waals surface area contributed by atoms with Crippen molar-refractivity contribution in [1.29, 1.82) is 0 Å². The number of amides is 3. The lowest BCUT2D eigenvalue weighted by Crippen LogP contribution is -2.55. The molecule has 8 nitrogen and oxygen atoms in total. The molecule has 2 N–H and O–H groups in total. The average Bonchev–Trinajstić information content (AvgIpc) is 2.55. The lowest BCUT2D eigenvalue weighted by atomic mass is 10.4. The van der Waals surface area contributed by atoms with E-state index in [4.69, 9.17) is 0 Å². The quantitative estimate of drug-likeness (QED) is 0.550. The largest absolute Gasteiger partial charge is 0.448 e. The summed E-state index contributed by atoms with van der Waals surface area (Å²) in [7, 11) is 0. The second-order valence-electron chi connectivity index (χ2n) is 3.78. The maximum Gasteiger partial charge on any atom is 0.448 e. The summed E-state index contributed by atoms with van der Waals surface area (Å²) in [6, 6.07) is -0.378. The van der Waals surface area contributed by atoms with E-state index in [-0.39, 0.29) is 29.0 Å². The molecule has 1 aromatic heterocycles. The van der Waals surface area contributed by atoms with Crippen molar-refractivity contribution < 1.29 is 14.2 Å². The fourth-order valence-corrected chi connectivity index (χ4v) is 1.78. The number of nitrogens with zero attached hydrogens (tertiary/aromatic N) is 4. The summed E-state index contributed by atoms with van der Waals surface area (Å²) in [5.41, 5.74) is 2.88. The monoisotopic (exact) mass is 237 g/mol. The van der Waals surface area contributed by atoms with Crippen LogP contribution in [0.2, 0.25) is 0 Å². The van der Waals surface area contributed by atoms with Crippen LogP contribution >= 0.6 is 0 Å². The molecule has 1 atom stereocenters. The molecule has 1 aromatic rings. The van der Waals surface area contributed by atoms with Crippen LogP contribution in [0.1, 0.15) is 13.3 Å². The predicted octanol–water partition coefficient (Wildman–Crippen LogP) is -0.325. The molecule has 0 saturated carbocycles. The fourth-order valence-electron chi connectivity index (χ4n) is 1.78.